The summed E-state index contributed by atoms with van der Waals surface area (Å²) >= 11 is 0. The Hall–Kier alpha value is -3.28. The van der Waals surface area contributed by atoms with Gasteiger partial charge in [0, 0.05) is 11.1 Å². The van der Waals surface area contributed by atoms with Gasteiger partial charge in [-0.2, -0.15) is 0 Å². The van der Waals surface area contributed by atoms with Crippen molar-refractivity contribution in [2.24, 2.45) is 0 Å². The molecule has 0 bridgehead atoms. The summed E-state index contributed by atoms with van der Waals surface area (Å²) in [4.78, 5) is 17.2. The maximum atomic E-state index is 12.6. The lowest BCUT2D eigenvalue weighted by Gasteiger charge is -2.18. The van der Waals surface area contributed by atoms with Crippen LogP contribution in [0.1, 0.15) is 28.1 Å². The Labute approximate surface area is 156 Å². The minimum absolute atomic E-state index is 0.259. The molecule has 0 saturated heterocycles. The molecule has 0 atom stereocenters. The van der Waals surface area contributed by atoms with Gasteiger partial charge in [-0.3, -0.25) is 4.79 Å². The van der Waals surface area contributed by atoms with Gasteiger partial charge in [0.05, 0.1) is 12.0 Å². The molecule has 0 spiro atoms. The van der Waals surface area contributed by atoms with Crippen LogP contribution >= 0.6 is 0 Å². The Balaban J connectivity index is 1.40. The molecule has 3 heterocycles. The second-order valence-electron chi connectivity index (χ2n) is 6.64. The van der Waals surface area contributed by atoms with Gasteiger partial charge >= 0.3 is 0 Å². The normalized spacial score (nSPS) is 14.7. The Kier molecular flexibility index (Phi) is 3.81. The minimum atomic E-state index is -0.259. The van der Waals surface area contributed by atoms with Crippen molar-refractivity contribution < 1.29 is 18.7 Å². The van der Waals surface area contributed by atoms with Gasteiger partial charge in [-0.25, -0.2) is 4.98 Å². The molecule has 6 heteroatoms. The van der Waals surface area contributed by atoms with E-state index >= 15 is 0 Å². The van der Waals surface area contributed by atoms with Gasteiger partial charge in [0.2, 0.25) is 0 Å². The van der Waals surface area contributed by atoms with E-state index < -0.39 is 0 Å². The van der Waals surface area contributed by atoms with Crippen LogP contribution in [-0.4, -0.2) is 24.1 Å². The molecule has 3 aromatic rings. The molecule has 1 aliphatic carbocycles. The number of carbonyl (C=O) groups is 1. The number of nitrogens with zero attached hydrogens (tertiary/aromatic N) is 1. The number of anilines is 1. The molecule has 27 heavy (non-hydrogen) atoms. The van der Waals surface area contributed by atoms with Crippen LogP contribution in [0.25, 0.3) is 11.3 Å². The summed E-state index contributed by atoms with van der Waals surface area (Å²) in [6, 6.07) is 11.2. The van der Waals surface area contributed by atoms with Crippen LogP contribution in [0, 0.1) is 0 Å². The molecule has 0 fully saturated rings. The van der Waals surface area contributed by atoms with Crippen molar-refractivity contribution >= 4 is 11.7 Å². The van der Waals surface area contributed by atoms with Crippen molar-refractivity contribution in [1.29, 1.82) is 0 Å². The van der Waals surface area contributed by atoms with Gasteiger partial charge in [-0.15, -0.1) is 0 Å². The van der Waals surface area contributed by atoms with Crippen molar-refractivity contribution in [3.8, 4) is 22.8 Å². The smallest absolute Gasteiger partial charge is 0.292 e. The molecule has 2 aliphatic rings. The fraction of sp³-hybridized carbons (Fsp3) is 0.238. The van der Waals surface area contributed by atoms with Crippen LogP contribution in [0.5, 0.6) is 11.5 Å². The third-order valence-electron chi connectivity index (χ3n) is 4.89. The molecule has 0 saturated carbocycles. The first-order valence-corrected chi connectivity index (χ1v) is 9.05. The summed E-state index contributed by atoms with van der Waals surface area (Å²) in [6.07, 6.45) is 4.62. The van der Waals surface area contributed by atoms with Crippen molar-refractivity contribution in [3.05, 3.63) is 59.5 Å². The SMILES string of the molecule is O=C(Nc1cccc(-c2ccc3c(c2)OCCO3)n1)c1occ2c1CCC2. The van der Waals surface area contributed by atoms with E-state index in [9.17, 15) is 4.79 Å². The minimum Gasteiger partial charge on any atom is -0.486 e. The predicted molar refractivity (Wildman–Crippen MR) is 99.3 cm³/mol. The maximum Gasteiger partial charge on any atom is 0.292 e. The van der Waals surface area contributed by atoms with Crippen molar-refractivity contribution in [2.45, 2.75) is 19.3 Å². The van der Waals surface area contributed by atoms with E-state index in [2.05, 4.69) is 10.3 Å². The number of amides is 1. The highest BCUT2D eigenvalue weighted by atomic mass is 16.6. The Morgan fingerprint density at radius 1 is 1.04 bits per heavy atom. The monoisotopic (exact) mass is 362 g/mol. The van der Waals surface area contributed by atoms with E-state index in [1.165, 1.54) is 0 Å². The van der Waals surface area contributed by atoms with Crippen molar-refractivity contribution in [3.63, 3.8) is 0 Å². The summed E-state index contributed by atoms with van der Waals surface area (Å²) < 4.78 is 16.7. The van der Waals surface area contributed by atoms with E-state index in [4.69, 9.17) is 13.9 Å². The van der Waals surface area contributed by atoms with Crippen LogP contribution in [0.3, 0.4) is 0 Å². The lowest BCUT2D eigenvalue weighted by atomic mass is 10.1. The van der Waals surface area contributed by atoms with Crippen LogP contribution in [0.15, 0.2) is 47.1 Å². The molecular weight excluding hydrogens is 344 g/mol. The number of ether oxygens (including phenoxy) is 2. The average molecular weight is 362 g/mol. The average Bonchev–Trinajstić information content (AvgIpc) is 3.31. The fourth-order valence-corrected chi connectivity index (χ4v) is 3.59. The molecule has 0 radical (unpaired) electrons. The summed E-state index contributed by atoms with van der Waals surface area (Å²) in [7, 11) is 0. The van der Waals surface area contributed by atoms with Gasteiger partial charge in [0.25, 0.3) is 5.91 Å². The number of fused-ring (bicyclic) bond motifs is 2. The first kappa shape index (κ1) is 15.9. The Morgan fingerprint density at radius 3 is 2.85 bits per heavy atom. The number of hydrogen-bond acceptors (Lipinski definition) is 5. The van der Waals surface area contributed by atoms with E-state index in [1.54, 1.807) is 12.3 Å². The maximum absolute atomic E-state index is 12.6. The van der Waals surface area contributed by atoms with Crippen molar-refractivity contribution in [1.82, 2.24) is 4.98 Å². The van der Waals surface area contributed by atoms with E-state index in [1.807, 2.05) is 30.3 Å². The first-order chi connectivity index (χ1) is 13.3. The summed E-state index contributed by atoms with van der Waals surface area (Å²) in [5.74, 6) is 2.07. The number of rotatable bonds is 3. The standard InChI is InChI=1S/C21H18N2O4/c24-21(20-15-4-1-3-14(15)12-27-20)23-19-6-2-5-16(22-19)13-7-8-17-18(11-13)26-10-9-25-17/h2,5-8,11-12H,1,3-4,9-10H2,(H,22,23,24). The van der Waals surface area contributed by atoms with Gasteiger partial charge in [-0.1, -0.05) is 6.07 Å². The second kappa shape index (κ2) is 6.46. The highest BCUT2D eigenvalue weighted by Gasteiger charge is 2.24. The van der Waals surface area contributed by atoms with Crippen LogP contribution in [0.4, 0.5) is 5.82 Å². The van der Waals surface area contributed by atoms with Crippen LogP contribution < -0.4 is 14.8 Å². The summed E-state index contributed by atoms with van der Waals surface area (Å²) in [6.45, 7) is 1.09. The number of nitrogens with one attached hydrogen (secondary N) is 1. The zero-order chi connectivity index (χ0) is 18.2. The summed E-state index contributed by atoms with van der Waals surface area (Å²) in [5.41, 5.74) is 3.80. The fourth-order valence-electron chi connectivity index (χ4n) is 3.59. The summed E-state index contributed by atoms with van der Waals surface area (Å²) in [5, 5.41) is 2.85. The second-order valence-corrected chi connectivity index (χ2v) is 6.64. The number of aromatic nitrogens is 1. The van der Waals surface area contributed by atoms with Crippen molar-refractivity contribution in [2.75, 3.05) is 18.5 Å². The molecule has 1 aliphatic heterocycles. The van der Waals surface area contributed by atoms with E-state index in [0.29, 0.717) is 30.5 Å². The largest absolute Gasteiger partial charge is 0.486 e. The predicted octanol–water partition coefficient (Wildman–Crippen LogP) is 3.85. The van der Waals surface area contributed by atoms with Gasteiger partial charge in [0.1, 0.15) is 19.0 Å². The molecule has 2 aromatic heterocycles. The number of hydrogen-bond donors (Lipinski definition) is 1. The number of benzene rings is 1. The zero-order valence-corrected chi connectivity index (χ0v) is 14.7. The van der Waals surface area contributed by atoms with E-state index in [-0.39, 0.29) is 5.91 Å². The molecule has 136 valence electrons. The molecule has 1 amide bonds. The zero-order valence-electron chi connectivity index (χ0n) is 14.7. The first-order valence-electron chi connectivity index (χ1n) is 9.05. The Bertz CT molecular complexity index is 1020. The third-order valence-corrected chi connectivity index (χ3v) is 4.89. The van der Waals surface area contributed by atoms with E-state index in [0.717, 1.165) is 47.4 Å². The topological polar surface area (TPSA) is 73.6 Å². The van der Waals surface area contributed by atoms with Crippen LogP contribution in [0.2, 0.25) is 0 Å². The lowest BCUT2D eigenvalue weighted by Crippen LogP contribution is -2.15. The quantitative estimate of drug-likeness (QED) is 0.766. The van der Waals surface area contributed by atoms with Gasteiger partial charge < -0.3 is 19.2 Å². The molecule has 1 aromatic carbocycles. The molecule has 5 rings (SSSR count). The lowest BCUT2D eigenvalue weighted by molar-refractivity contribution is 0.0995. The Morgan fingerprint density at radius 2 is 1.93 bits per heavy atom. The number of carbonyl (C=O) groups excluding carboxylic acids is 1. The third kappa shape index (κ3) is 2.93. The van der Waals surface area contributed by atoms with Gasteiger partial charge in [-0.05, 0) is 55.2 Å². The molecule has 1 N–H and O–H groups in total. The molecular formula is C21H18N2O4. The molecule has 0 unspecified atom stereocenters. The number of pyridine rings is 1. The highest BCUT2D eigenvalue weighted by molar-refractivity contribution is 6.03. The highest BCUT2D eigenvalue weighted by Crippen LogP contribution is 2.34. The number of furan rings is 1. The number of aryl methyl sites for hydroxylation is 1. The molecule has 6 nitrogen and oxygen atoms in total. The van der Waals surface area contributed by atoms with Crippen LogP contribution in [-0.2, 0) is 12.8 Å². The van der Waals surface area contributed by atoms with Gasteiger partial charge in [0.15, 0.2) is 17.3 Å².